The highest BCUT2D eigenvalue weighted by Crippen LogP contribution is 2.38. The molecule has 0 aromatic heterocycles. The maximum atomic E-state index is 13.5. The molecule has 0 bridgehead atoms. The lowest BCUT2D eigenvalue weighted by Gasteiger charge is -2.39. The smallest absolute Gasteiger partial charge is 0.333 e. The second-order valence-electron chi connectivity index (χ2n) is 8.13. The van der Waals surface area contributed by atoms with Crippen LogP contribution in [0.3, 0.4) is 0 Å². The third-order valence-electron chi connectivity index (χ3n) is 3.51. The molecule has 5 heteroatoms. The summed E-state index contributed by atoms with van der Waals surface area (Å²) in [4.78, 5) is 13.5. The molecule has 25 heavy (non-hydrogen) atoms. The van der Waals surface area contributed by atoms with Gasteiger partial charge in [0.25, 0.3) is 0 Å². The Morgan fingerprint density at radius 1 is 0.720 bits per heavy atom. The molecule has 0 saturated heterocycles. The maximum absolute atomic E-state index is 13.5. The van der Waals surface area contributed by atoms with Gasteiger partial charge in [0.05, 0.1) is 0 Å². The van der Waals surface area contributed by atoms with Crippen molar-refractivity contribution in [2.75, 3.05) is 0 Å². The van der Waals surface area contributed by atoms with Crippen LogP contribution in [0.1, 0.15) is 11.1 Å². The van der Waals surface area contributed by atoms with Crippen molar-refractivity contribution in [1.29, 1.82) is 0 Å². The molecule has 2 rings (SSSR count). The quantitative estimate of drug-likeness (QED) is 0.657. The topological polar surface area (TPSA) is 35.5 Å². The lowest BCUT2D eigenvalue weighted by atomic mass is 9.86. The predicted octanol–water partition coefficient (Wildman–Crippen LogP) is 5.16. The van der Waals surface area contributed by atoms with E-state index >= 15 is 0 Å². The Morgan fingerprint density at radius 2 is 1.12 bits per heavy atom. The van der Waals surface area contributed by atoms with Crippen LogP contribution in [0.25, 0.3) is 0 Å². The van der Waals surface area contributed by atoms with E-state index in [2.05, 4.69) is 19.6 Å². The van der Waals surface area contributed by atoms with Crippen molar-refractivity contribution in [1.82, 2.24) is 0 Å². The summed E-state index contributed by atoms with van der Waals surface area (Å²) in [5.41, 5.74) is 0.395. The summed E-state index contributed by atoms with van der Waals surface area (Å²) >= 11 is 0. The minimum Gasteiger partial charge on any atom is -0.517 e. The average molecular weight is 373 g/mol. The molecule has 0 saturated carbocycles. The van der Waals surface area contributed by atoms with E-state index in [1.807, 2.05) is 80.3 Å². The minimum absolute atomic E-state index is 0.313. The van der Waals surface area contributed by atoms with E-state index in [1.165, 1.54) is 0 Å². The Morgan fingerprint density at radius 3 is 1.44 bits per heavy atom. The highest BCUT2D eigenvalue weighted by atomic mass is 28.4. The van der Waals surface area contributed by atoms with Gasteiger partial charge >= 0.3 is 5.97 Å². The van der Waals surface area contributed by atoms with Crippen molar-refractivity contribution < 1.29 is 13.6 Å². The number of carbonyl (C=O) groups is 1. The van der Waals surface area contributed by atoms with E-state index in [4.69, 9.17) is 8.85 Å². The minimum atomic E-state index is -2.09. The SMILES string of the molecule is C[Si](C)(C)OC(=O)C(O[Si](C)(C)C)(c1ccccc1)c1ccccc1. The van der Waals surface area contributed by atoms with Gasteiger partial charge in [-0.2, -0.15) is 0 Å². The van der Waals surface area contributed by atoms with E-state index in [1.54, 1.807) is 0 Å². The highest BCUT2D eigenvalue weighted by molar-refractivity contribution is 6.71. The van der Waals surface area contributed by atoms with Crippen molar-refractivity contribution in [3.8, 4) is 0 Å². The van der Waals surface area contributed by atoms with Gasteiger partial charge in [-0.1, -0.05) is 60.7 Å². The molecule has 0 aliphatic heterocycles. The Labute approximate surface area is 153 Å². The molecule has 0 aliphatic carbocycles. The number of carbonyl (C=O) groups excluding carboxylic acids is 1. The van der Waals surface area contributed by atoms with Gasteiger partial charge in [-0.25, -0.2) is 4.79 Å². The fourth-order valence-corrected chi connectivity index (χ4v) is 4.65. The molecule has 0 N–H and O–H groups in total. The zero-order chi connectivity index (χ0) is 18.7. The zero-order valence-corrected chi connectivity index (χ0v) is 18.0. The summed E-state index contributed by atoms with van der Waals surface area (Å²) in [6.45, 7) is 12.3. The Bertz CT molecular complexity index is 662. The van der Waals surface area contributed by atoms with E-state index in [-0.39, 0.29) is 5.97 Å². The van der Waals surface area contributed by atoms with Crippen LogP contribution < -0.4 is 0 Å². The first-order valence-corrected chi connectivity index (χ1v) is 15.4. The van der Waals surface area contributed by atoms with Crippen LogP contribution in [0.5, 0.6) is 0 Å². The van der Waals surface area contributed by atoms with Crippen molar-refractivity contribution in [2.45, 2.75) is 44.9 Å². The fraction of sp³-hybridized carbons (Fsp3) is 0.350. The van der Waals surface area contributed by atoms with Crippen molar-refractivity contribution in [2.24, 2.45) is 0 Å². The second kappa shape index (κ2) is 7.27. The molecule has 0 heterocycles. The predicted molar refractivity (Wildman–Crippen MR) is 108 cm³/mol. The summed E-state index contributed by atoms with van der Waals surface area (Å²) in [5, 5.41) is 0. The Balaban J connectivity index is 2.72. The number of hydrogen-bond donors (Lipinski definition) is 0. The molecule has 0 spiro atoms. The normalized spacial score (nSPS) is 12.7. The first-order valence-electron chi connectivity index (χ1n) is 8.59. The van der Waals surface area contributed by atoms with Crippen LogP contribution in [0.15, 0.2) is 60.7 Å². The number of rotatable bonds is 6. The largest absolute Gasteiger partial charge is 0.517 e. The van der Waals surface area contributed by atoms with E-state index < -0.39 is 22.2 Å². The van der Waals surface area contributed by atoms with Gasteiger partial charge in [-0.3, -0.25) is 0 Å². The van der Waals surface area contributed by atoms with Gasteiger partial charge in [-0.15, -0.1) is 0 Å². The van der Waals surface area contributed by atoms with Gasteiger partial charge < -0.3 is 8.85 Å². The van der Waals surface area contributed by atoms with Crippen LogP contribution in [0.4, 0.5) is 0 Å². The molecule has 0 amide bonds. The number of hydrogen-bond acceptors (Lipinski definition) is 3. The van der Waals surface area contributed by atoms with Crippen LogP contribution in [0.2, 0.25) is 39.3 Å². The summed E-state index contributed by atoms with van der Waals surface area (Å²) in [6.07, 6.45) is 0. The first-order chi connectivity index (χ1) is 11.5. The van der Waals surface area contributed by atoms with Gasteiger partial charge in [0.1, 0.15) is 0 Å². The summed E-state index contributed by atoms with van der Waals surface area (Å²) in [7, 11) is -4.17. The molecule has 0 atom stereocenters. The molecule has 2 aromatic carbocycles. The standard InChI is InChI=1S/C20H28O3Si2/c1-24(2,3)22-19(21)20(23-25(4,5)6,17-13-9-7-10-14-17)18-15-11-8-12-16-18/h7-16H,1-6H3. The molecular formula is C20H28O3Si2. The molecule has 134 valence electrons. The molecule has 0 aliphatic rings. The third-order valence-corrected chi connectivity index (χ3v) is 5.22. The van der Waals surface area contributed by atoms with Crippen molar-refractivity contribution in [3.05, 3.63) is 71.8 Å². The summed E-state index contributed by atoms with van der Waals surface area (Å²) in [5.74, 6) is -0.313. The van der Waals surface area contributed by atoms with Crippen molar-refractivity contribution in [3.63, 3.8) is 0 Å². The zero-order valence-electron chi connectivity index (χ0n) is 16.0. The maximum Gasteiger partial charge on any atom is 0.333 e. The lowest BCUT2D eigenvalue weighted by Crippen LogP contribution is -2.50. The molecule has 3 nitrogen and oxygen atoms in total. The third kappa shape index (κ3) is 4.90. The summed E-state index contributed by atoms with van der Waals surface area (Å²) < 4.78 is 12.5. The van der Waals surface area contributed by atoms with Crippen LogP contribution in [-0.4, -0.2) is 22.6 Å². The van der Waals surface area contributed by atoms with Crippen LogP contribution in [-0.2, 0) is 19.2 Å². The van der Waals surface area contributed by atoms with Gasteiger partial charge in [0.15, 0.2) is 8.32 Å². The first kappa shape index (κ1) is 19.6. The van der Waals surface area contributed by atoms with Crippen LogP contribution in [0, 0.1) is 0 Å². The van der Waals surface area contributed by atoms with E-state index in [0.29, 0.717) is 0 Å². The van der Waals surface area contributed by atoms with E-state index in [9.17, 15) is 4.79 Å². The van der Waals surface area contributed by atoms with Gasteiger partial charge in [-0.05, 0) is 50.4 Å². The lowest BCUT2D eigenvalue weighted by molar-refractivity contribution is -0.151. The Kier molecular flexibility index (Phi) is 5.71. The van der Waals surface area contributed by atoms with E-state index in [0.717, 1.165) is 11.1 Å². The molecular weight excluding hydrogens is 344 g/mol. The highest BCUT2D eigenvalue weighted by Gasteiger charge is 2.48. The second-order valence-corrected chi connectivity index (χ2v) is 17.0. The average Bonchev–Trinajstić information content (AvgIpc) is 2.51. The van der Waals surface area contributed by atoms with Crippen molar-refractivity contribution >= 4 is 22.6 Å². The summed E-state index contributed by atoms with van der Waals surface area (Å²) in [6, 6.07) is 19.4. The van der Waals surface area contributed by atoms with Gasteiger partial charge in [0.2, 0.25) is 13.9 Å². The molecule has 0 fully saturated rings. The van der Waals surface area contributed by atoms with Crippen LogP contribution >= 0.6 is 0 Å². The number of benzene rings is 2. The molecule has 2 aromatic rings. The fourth-order valence-electron chi connectivity index (χ4n) is 2.72. The molecule has 0 unspecified atom stereocenters. The Hall–Kier alpha value is -1.70. The molecule has 0 radical (unpaired) electrons. The van der Waals surface area contributed by atoms with Gasteiger partial charge in [0, 0.05) is 0 Å². The monoisotopic (exact) mass is 372 g/mol.